The monoisotopic (exact) mass is 211 g/mol. The number of nitrogens with zero attached hydrogens (tertiary/aromatic N) is 1. The van der Waals surface area contributed by atoms with Gasteiger partial charge in [0.05, 0.1) is 0 Å². The minimum absolute atomic E-state index is 0.234. The third-order valence-corrected chi connectivity index (χ3v) is 4.12. The standard InChI is InChI=1S/C12H21NO2/c1-10(14)13-5-3-12(4-6-13)7-11(8-12)9-15-2/h11H,3-9H2,1-2H3. The van der Waals surface area contributed by atoms with Gasteiger partial charge in [0.25, 0.3) is 0 Å². The third-order valence-electron chi connectivity index (χ3n) is 4.12. The normalized spacial score (nSPS) is 25.3. The van der Waals surface area contributed by atoms with Crippen LogP contribution < -0.4 is 0 Å². The van der Waals surface area contributed by atoms with E-state index in [1.54, 1.807) is 14.0 Å². The molecule has 0 N–H and O–H groups in total. The molecule has 0 aromatic carbocycles. The van der Waals surface area contributed by atoms with Crippen LogP contribution in [0.5, 0.6) is 0 Å². The number of ether oxygens (including phenoxy) is 1. The van der Waals surface area contributed by atoms with E-state index in [0.717, 1.165) is 25.6 Å². The zero-order valence-corrected chi connectivity index (χ0v) is 9.79. The van der Waals surface area contributed by atoms with Gasteiger partial charge in [-0.3, -0.25) is 4.79 Å². The molecular weight excluding hydrogens is 190 g/mol. The number of amides is 1. The fourth-order valence-corrected chi connectivity index (χ4v) is 3.22. The molecule has 15 heavy (non-hydrogen) atoms. The lowest BCUT2D eigenvalue weighted by molar-refractivity contribution is -0.133. The fourth-order valence-electron chi connectivity index (χ4n) is 3.22. The summed E-state index contributed by atoms with van der Waals surface area (Å²) in [5.74, 6) is 1.01. The minimum Gasteiger partial charge on any atom is -0.384 e. The molecule has 1 spiro atoms. The van der Waals surface area contributed by atoms with Crippen LogP contribution in [0.2, 0.25) is 0 Å². The SMILES string of the molecule is COCC1CC2(CCN(C(C)=O)CC2)C1. The maximum Gasteiger partial charge on any atom is 0.219 e. The Hall–Kier alpha value is -0.570. The Balaban J connectivity index is 1.77. The van der Waals surface area contributed by atoms with E-state index in [1.165, 1.54) is 25.7 Å². The van der Waals surface area contributed by atoms with Gasteiger partial charge in [0.2, 0.25) is 5.91 Å². The zero-order chi connectivity index (χ0) is 10.9. The smallest absolute Gasteiger partial charge is 0.219 e. The van der Waals surface area contributed by atoms with E-state index in [2.05, 4.69) is 0 Å². The highest BCUT2D eigenvalue weighted by Gasteiger charge is 2.45. The van der Waals surface area contributed by atoms with E-state index in [4.69, 9.17) is 4.74 Å². The van der Waals surface area contributed by atoms with E-state index >= 15 is 0 Å². The van der Waals surface area contributed by atoms with Gasteiger partial charge in [-0.05, 0) is 37.0 Å². The van der Waals surface area contributed by atoms with E-state index in [9.17, 15) is 4.79 Å². The molecule has 1 heterocycles. The van der Waals surface area contributed by atoms with Crippen molar-refractivity contribution in [2.45, 2.75) is 32.6 Å². The molecule has 1 aliphatic heterocycles. The molecule has 3 nitrogen and oxygen atoms in total. The number of carbonyl (C=O) groups excluding carboxylic acids is 1. The van der Waals surface area contributed by atoms with Gasteiger partial charge in [-0.15, -0.1) is 0 Å². The van der Waals surface area contributed by atoms with Gasteiger partial charge >= 0.3 is 0 Å². The maximum atomic E-state index is 11.2. The number of methoxy groups -OCH3 is 1. The van der Waals surface area contributed by atoms with Gasteiger partial charge < -0.3 is 9.64 Å². The van der Waals surface area contributed by atoms with Crippen LogP contribution in [-0.4, -0.2) is 37.6 Å². The van der Waals surface area contributed by atoms with Crippen LogP contribution in [0.4, 0.5) is 0 Å². The summed E-state index contributed by atoms with van der Waals surface area (Å²) < 4.78 is 5.17. The molecule has 0 atom stereocenters. The summed E-state index contributed by atoms with van der Waals surface area (Å²) in [6.45, 7) is 4.52. The quantitative estimate of drug-likeness (QED) is 0.695. The first kappa shape index (κ1) is 10.9. The maximum absolute atomic E-state index is 11.2. The number of hydrogen-bond donors (Lipinski definition) is 0. The Labute approximate surface area is 91.8 Å². The molecule has 0 aromatic heterocycles. The minimum atomic E-state index is 0.234. The number of carbonyl (C=O) groups is 1. The van der Waals surface area contributed by atoms with E-state index in [0.29, 0.717) is 5.41 Å². The Morgan fingerprint density at radius 3 is 2.47 bits per heavy atom. The second kappa shape index (κ2) is 4.12. The van der Waals surface area contributed by atoms with Gasteiger partial charge in [-0.1, -0.05) is 0 Å². The molecule has 1 aliphatic carbocycles. The molecular formula is C12H21NO2. The molecule has 2 rings (SSSR count). The molecule has 2 aliphatic rings. The van der Waals surface area contributed by atoms with Gasteiger partial charge in [0, 0.05) is 33.7 Å². The summed E-state index contributed by atoms with van der Waals surface area (Å²) >= 11 is 0. The van der Waals surface area contributed by atoms with Crippen molar-refractivity contribution in [3.63, 3.8) is 0 Å². The Kier molecular flexibility index (Phi) is 3.01. The van der Waals surface area contributed by atoms with Crippen LogP contribution in [0.3, 0.4) is 0 Å². The second-order valence-corrected chi connectivity index (χ2v) is 5.24. The fraction of sp³-hybridized carbons (Fsp3) is 0.917. The summed E-state index contributed by atoms with van der Waals surface area (Å²) in [5, 5.41) is 0. The molecule has 1 amide bonds. The molecule has 86 valence electrons. The van der Waals surface area contributed by atoms with E-state index in [-0.39, 0.29) is 5.91 Å². The average Bonchev–Trinajstić information content (AvgIpc) is 2.16. The predicted octanol–water partition coefficient (Wildman–Crippen LogP) is 1.67. The first-order chi connectivity index (χ1) is 7.15. The topological polar surface area (TPSA) is 29.5 Å². The second-order valence-electron chi connectivity index (χ2n) is 5.24. The molecule has 3 heteroatoms. The van der Waals surface area contributed by atoms with Crippen LogP contribution in [0.15, 0.2) is 0 Å². The highest BCUT2D eigenvalue weighted by molar-refractivity contribution is 5.73. The van der Waals surface area contributed by atoms with E-state index < -0.39 is 0 Å². The average molecular weight is 211 g/mol. The Morgan fingerprint density at radius 2 is 2.00 bits per heavy atom. The van der Waals surface area contributed by atoms with Crippen LogP contribution >= 0.6 is 0 Å². The first-order valence-electron chi connectivity index (χ1n) is 5.90. The van der Waals surface area contributed by atoms with Gasteiger partial charge in [0.15, 0.2) is 0 Å². The molecule has 0 unspecified atom stereocenters. The molecule has 2 fully saturated rings. The molecule has 0 bridgehead atoms. The summed E-state index contributed by atoms with van der Waals surface area (Å²) in [6, 6.07) is 0. The lowest BCUT2D eigenvalue weighted by Crippen LogP contribution is -2.49. The highest BCUT2D eigenvalue weighted by atomic mass is 16.5. The van der Waals surface area contributed by atoms with Gasteiger partial charge in [-0.25, -0.2) is 0 Å². The van der Waals surface area contributed by atoms with Gasteiger partial charge in [0.1, 0.15) is 0 Å². The predicted molar refractivity (Wildman–Crippen MR) is 58.5 cm³/mol. The van der Waals surface area contributed by atoms with E-state index in [1.807, 2.05) is 4.90 Å². The molecule has 0 radical (unpaired) electrons. The van der Waals surface area contributed by atoms with Crippen molar-refractivity contribution in [2.75, 3.05) is 26.8 Å². The molecule has 0 aromatic rings. The van der Waals surface area contributed by atoms with Crippen LogP contribution in [-0.2, 0) is 9.53 Å². The summed E-state index contributed by atoms with van der Waals surface area (Å²) in [7, 11) is 1.78. The Bertz CT molecular complexity index is 236. The van der Waals surface area contributed by atoms with Crippen molar-refractivity contribution in [3.05, 3.63) is 0 Å². The summed E-state index contributed by atoms with van der Waals surface area (Å²) in [6.07, 6.45) is 5.03. The largest absolute Gasteiger partial charge is 0.384 e. The van der Waals surface area contributed by atoms with Crippen molar-refractivity contribution in [3.8, 4) is 0 Å². The van der Waals surface area contributed by atoms with Crippen LogP contribution in [0, 0.1) is 11.3 Å². The van der Waals surface area contributed by atoms with Crippen molar-refractivity contribution in [2.24, 2.45) is 11.3 Å². The van der Waals surface area contributed by atoms with Crippen molar-refractivity contribution in [1.82, 2.24) is 4.90 Å². The highest BCUT2D eigenvalue weighted by Crippen LogP contribution is 2.52. The number of likely N-dealkylation sites (tertiary alicyclic amines) is 1. The number of hydrogen-bond acceptors (Lipinski definition) is 2. The Morgan fingerprint density at radius 1 is 1.40 bits per heavy atom. The first-order valence-corrected chi connectivity index (χ1v) is 5.90. The number of rotatable bonds is 2. The third kappa shape index (κ3) is 2.17. The van der Waals surface area contributed by atoms with Crippen LogP contribution in [0.25, 0.3) is 0 Å². The lowest BCUT2D eigenvalue weighted by Gasteiger charge is -2.52. The lowest BCUT2D eigenvalue weighted by atomic mass is 9.58. The molecule has 1 saturated carbocycles. The van der Waals surface area contributed by atoms with Crippen LogP contribution in [0.1, 0.15) is 32.6 Å². The van der Waals surface area contributed by atoms with Crippen molar-refractivity contribution in [1.29, 1.82) is 0 Å². The van der Waals surface area contributed by atoms with Gasteiger partial charge in [-0.2, -0.15) is 0 Å². The van der Waals surface area contributed by atoms with Crippen molar-refractivity contribution >= 4 is 5.91 Å². The summed E-state index contributed by atoms with van der Waals surface area (Å²) in [4.78, 5) is 13.2. The summed E-state index contributed by atoms with van der Waals surface area (Å²) in [5.41, 5.74) is 0.565. The molecule has 1 saturated heterocycles. The van der Waals surface area contributed by atoms with Crippen molar-refractivity contribution < 1.29 is 9.53 Å². The number of piperidine rings is 1. The zero-order valence-electron chi connectivity index (χ0n) is 9.79.